The van der Waals surface area contributed by atoms with E-state index in [0.717, 1.165) is 0 Å². The minimum atomic E-state index is -2.86. The van der Waals surface area contributed by atoms with Crippen LogP contribution in [-0.2, 0) is 5.75 Å². The molecular weight excluding hydrogens is 330 g/mol. The van der Waals surface area contributed by atoms with Gasteiger partial charge in [0.2, 0.25) is 17.7 Å². The molecule has 0 radical (unpaired) electrons. The van der Waals surface area contributed by atoms with Gasteiger partial charge in [0, 0.05) is 12.5 Å². The van der Waals surface area contributed by atoms with Gasteiger partial charge >= 0.3 is 6.61 Å². The number of halogens is 2. The molecule has 1 aromatic carbocycles. The van der Waals surface area contributed by atoms with E-state index in [4.69, 9.17) is 8.83 Å². The number of aryl methyl sites for hydroxylation is 1. The van der Waals surface area contributed by atoms with Crippen LogP contribution in [0, 0.1) is 6.92 Å². The SMILES string of the molecule is Cc1nnc(CSc2nnc(-c3ccc(OC(F)F)cc3)o2)o1. The van der Waals surface area contributed by atoms with Crippen LogP contribution in [0.3, 0.4) is 0 Å². The van der Waals surface area contributed by atoms with Gasteiger partial charge in [0.15, 0.2) is 0 Å². The average Bonchev–Trinajstić information content (AvgIpc) is 3.14. The van der Waals surface area contributed by atoms with Crippen LogP contribution in [0.25, 0.3) is 11.5 Å². The van der Waals surface area contributed by atoms with Crippen LogP contribution >= 0.6 is 11.8 Å². The first kappa shape index (κ1) is 15.4. The lowest BCUT2D eigenvalue weighted by molar-refractivity contribution is -0.0498. The van der Waals surface area contributed by atoms with E-state index in [0.29, 0.717) is 28.3 Å². The highest BCUT2D eigenvalue weighted by atomic mass is 32.2. The van der Waals surface area contributed by atoms with Crippen LogP contribution in [0.5, 0.6) is 5.75 Å². The van der Waals surface area contributed by atoms with Crippen molar-refractivity contribution >= 4 is 11.8 Å². The first-order valence-corrected chi connectivity index (χ1v) is 7.39. The van der Waals surface area contributed by atoms with Gasteiger partial charge in [0.1, 0.15) is 5.75 Å². The number of hydrogen-bond acceptors (Lipinski definition) is 8. The molecular formula is C13H10F2N4O3S. The highest BCUT2D eigenvalue weighted by molar-refractivity contribution is 7.98. The molecule has 0 aliphatic carbocycles. The normalized spacial score (nSPS) is 11.1. The zero-order chi connectivity index (χ0) is 16.2. The molecule has 7 nitrogen and oxygen atoms in total. The van der Waals surface area contributed by atoms with Gasteiger partial charge in [0.05, 0.1) is 5.75 Å². The smallest absolute Gasteiger partial charge is 0.387 e. The Bertz CT molecular complexity index is 776. The summed E-state index contributed by atoms with van der Waals surface area (Å²) in [4.78, 5) is 0. The molecule has 0 unspecified atom stereocenters. The lowest BCUT2D eigenvalue weighted by Crippen LogP contribution is -2.01. The van der Waals surface area contributed by atoms with Gasteiger partial charge in [-0.2, -0.15) is 8.78 Å². The van der Waals surface area contributed by atoms with E-state index < -0.39 is 6.61 Å². The summed E-state index contributed by atoms with van der Waals surface area (Å²) in [5.74, 6) is 1.69. The van der Waals surface area contributed by atoms with Crippen LogP contribution < -0.4 is 4.74 Å². The molecule has 120 valence electrons. The third kappa shape index (κ3) is 4.03. The quantitative estimate of drug-likeness (QED) is 0.632. The van der Waals surface area contributed by atoms with Crippen LogP contribution in [0.1, 0.15) is 11.8 Å². The molecule has 2 heterocycles. The first-order valence-electron chi connectivity index (χ1n) is 6.40. The standard InChI is InChI=1S/C13H10F2N4O3S/c1-7-16-17-10(20-7)6-23-13-19-18-11(22-13)8-2-4-9(5-3-8)21-12(14)15/h2-5,12H,6H2,1H3. The molecule has 0 aliphatic heterocycles. The Morgan fingerprint density at radius 2 is 1.87 bits per heavy atom. The molecule has 0 saturated carbocycles. The van der Waals surface area contributed by atoms with Gasteiger partial charge in [-0.1, -0.05) is 11.8 Å². The summed E-state index contributed by atoms with van der Waals surface area (Å²) in [6, 6.07) is 5.92. The predicted molar refractivity (Wildman–Crippen MR) is 75.0 cm³/mol. The number of nitrogens with zero attached hydrogens (tertiary/aromatic N) is 4. The number of aromatic nitrogens is 4. The van der Waals surface area contributed by atoms with E-state index in [2.05, 4.69) is 25.1 Å². The Labute approximate surface area is 133 Å². The molecule has 0 aliphatic rings. The highest BCUT2D eigenvalue weighted by Crippen LogP contribution is 2.26. The lowest BCUT2D eigenvalue weighted by atomic mass is 10.2. The fraction of sp³-hybridized carbons (Fsp3) is 0.231. The summed E-state index contributed by atoms with van der Waals surface area (Å²) >= 11 is 1.25. The molecule has 0 spiro atoms. The van der Waals surface area contributed by atoms with Crippen molar-refractivity contribution in [1.82, 2.24) is 20.4 Å². The van der Waals surface area contributed by atoms with Gasteiger partial charge in [-0.05, 0) is 24.3 Å². The fourth-order valence-corrected chi connectivity index (χ4v) is 2.28. The fourth-order valence-electron chi connectivity index (χ4n) is 1.68. The van der Waals surface area contributed by atoms with Gasteiger partial charge in [0.25, 0.3) is 5.22 Å². The number of ether oxygens (including phenoxy) is 1. The first-order chi connectivity index (χ1) is 11.1. The minimum Gasteiger partial charge on any atom is -0.435 e. The average molecular weight is 340 g/mol. The molecule has 0 saturated heterocycles. The molecule has 0 atom stereocenters. The van der Waals surface area contributed by atoms with Crippen molar-refractivity contribution in [2.75, 3.05) is 0 Å². The van der Waals surface area contributed by atoms with Crippen LogP contribution in [0.15, 0.2) is 38.3 Å². The third-order valence-electron chi connectivity index (χ3n) is 2.62. The molecule has 3 rings (SSSR count). The largest absolute Gasteiger partial charge is 0.435 e. The van der Waals surface area contributed by atoms with Crippen LogP contribution in [0.2, 0.25) is 0 Å². The minimum absolute atomic E-state index is 0.0598. The van der Waals surface area contributed by atoms with Gasteiger partial charge < -0.3 is 13.6 Å². The van der Waals surface area contributed by atoms with Crippen LogP contribution in [0.4, 0.5) is 8.78 Å². The number of benzene rings is 1. The summed E-state index contributed by atoms with van der Waals surface area (Å²) in [5.41, 5.74) is 0.597. The van der Waals surface area contributed by atoms with Gasteiger partial charge in [-0.25, -0.2) is 0 Å². The topological polar surface area (TPSA) is 87.1 Å². The monoisotopic (exact) mass is 340 g/mol. The maximum atomic E-state index is 12.1. The van der Waals surface area contributed by atoms with Crippen molar-refractivity contribution < 1.29 is 22.4 Å². The van der Waals surface area contributed by atoms with Gasteiger partial charge in [-0.3, -0.25) is 0 Å². The second-order valence-electron chi connectivity index (χ2n) is 4.28. The van der Waals surface area contributed by atoms with Crippen molar-refractivity contribution in [3.8, 4) is 17.2 Å². The molecule has 0 fully saturated rings. The van der Waals surface area contributed by atoms with E-state index in [9.17, 15) is 8.78 Å². The van der Waals surface area contributed by atoms with Crippen molar-refractivity contribution in [3.63, 3.8) is 0 Å². The van der Waals surface area contributed by atoms with Gasteiger partial charge in [-0.15, -0.1) is 20.4 Å². The summed E-state index contributed by atoms with van der Waals surface area (Å²) in [7, 11) is 0. The Morgan fingerprint density at radius 3 is 2.52 bits per heavy atom. The summed E-state index contributed by atoms with van der Waals surface area (Å²) < 4.78 is 39.2. The number of hydrogen-bond donors (Lipinski definition) is 0. The predicted octanol–water partition coefficient (Wildman–Crippen LogP) is 3.32. The molecule has 2 aromatic heterocycles. The zero-order valence-corrected chi connectivity index (χ0v) is 12.6. The second kappa shape index (κ2) is 6.73. The Balaban J connectivity index is 1.64. The van der Waals surface area contributed by atoms with E-state index in [-0.39, 0.29) is 11.6 Å². The number of rotatable bonds is 6. The molecule has 0 bridgehead atoms. The van der Waals surface area contributed by atoms with Crippen molar-refractivity contribution in [3.05, 3.63) is 36.0 Å². The summed E-state index contributed by atoms with van der Waals surface area (Å²) in [6.45, 7) is -1.16. The Hall–Kier alpha value is -2.49. The van der Waals surface area contributed by atoms with Crippen molar-refractivity contribution in [2.45, 2.75) is 24.5 Å². The van der Waals surface area contributed by atoms with Crippen molar-refractivity contribution in [1.29, 1.82) is 0 Å². The molecule has 23 heavy (non-hydrogen) atoms. The second-order valence-corrected chi connectivity index (χ2v) is 5.21. The Kier molecular flexibility index (Phi) is 4.51. The highest BCUT2D eigenvalue weighted by Gasteiger charge is 2.12. The number of thioether (sulfide) groups is 1. The molecule has 0 amide bonds. The Morgan fingerprint density at radius 1 is 1.09 bits per heavy atom. The zero-order valence-electron chi connectivity index (χ0n) is 11.8. The van der Waals surface area contributed by atoms with Crippen LogP contribution in [-0.4, -0.2) is 27.0 Å². The van der Waals surface area contributed by atoms with E-state index in [1.165, 1.54) is 23.9 Å². The summed E-state index contributed by atoms with van der Waals surface area (Å²) in [6.07, 6.45) is 0. The van der Waals surface area contributed by atoms with Crippen molar-refractivity contribution in [2.24, 2.45) is 0 Å². The maximum absolute atomic E-state index is 12.1. The maximum Gasteiger partial charge on any atom is 0.387 e. The summed E-state index contributed by atoms with van der Waals surface area (Å²) in [5, 5.41) is 15.7. The third-order valence-corrected chi connectivity index (χ3v) is 3.42. The lowest BCUT2D eigenvalue weighted by Gasteiger charge is -2.03. The molecule has 0 N–H and O–H groups in total. The molecule has 3 aromatic rings. The van der Waals surface area contributed by atoms with E-state index in [1.807, 2.05) is 0 Å². The number of alkyl halides is 2. The molecule has 10 heteroatoms. The van der Waals surface area contributed by atoms with E-state index >= 15 is 0 Å². The van der Waals surface area contributed by atoms with E-state index in [1.54, 1.807) is 19.1 Å².